The minimum atomic E-state index is -0.0618. The van der Waals surface area contributed by atoms with E-state index in [0.29, 0.717) is 12.1 Å². The molecule has 0 radical (unpaired) electrons. The molecule has 0 spiro atoms. The molecule has 22 heavy (non-hydrogen) atoms. The molecule has 2 aromatic heterocycles. The highest BCUT2D eigenvalue weighted by molar-refractivity contribution is 5.97. The predicted octanol–water partition coefficient (Wildman–Crippen LogP) is 2.83. The van der Waals surface area contributed by atoms with Gasteiger partial charge >= 0.3 is 0 Å². The number of hydrogen-bond acceptors (Lipinski definition) is 2. The molecule has 2 heterocycles. The third-order valence-electron chi connectivity index (χ3n) is 4.12. The highest BCUT2D eigenvalue weighted by Gasteiger charge is 2.17. The number of allylic oxidation sites excluding steroid dienone is 1. The predicted molar refractivity (Wildman–Crippen MR) is 86.0 cm³/mol. The lowest BCUT2D eigenvalue weighted by Gasteiger charge is -2.13. The van der Waals surface area contributed by atoms with Crippen LogP contribution in [0, 0.1) is 0 Å². The topological polar surface area (TPSA) is 51.9 Å². The number of rotatable bonds is 5. The van der Waals surface area contributed by atoms with Gasteiger partial charge in [-0.1, -0.05) is 11.6 Å². The fourth-order valence-corrected chi connectivity index (χ4v) is 2.94. The summed E-state index contributed by atoms with van der Waals surface area (Å²) in [5.74, 6) is 0.729. The summed E-state index contributed by atoms with van der Waals surface area (Å²) in [5.41, 5.74) is 2.08. The molecule has 0 atom stereocenters. The Morgan fingerprint density at radius 1 is 1.32 bits per heavy atom. The van der Waals surface area contributed by atoms with Gasteiger partial charge in [-0.15, -0.1) is 0 Å². The molecule has 2 aromatic rings. The second kappa shape index (κ2) is 6.64. The molecule has 3 rings (SSSR count). The van der Waals surface area contributed by atoms with Gasteiger partial charge in [-0.05, 0) is 44.2 Å². The summed E-state index contributed by atoms with van der Waals surface area (Å²) in [6, 6.07) is 3.87. The molecule has 0 unspecified atom stereocenters. The molecule has 0 saturated carbocycles. The Labute approximate surface area is 130 Å². The third kappa shape index (κ3) is 3.13. The van der Waals surface area contributed by atoms with Crippen molar-refractivity contribution in [1.29, 1.82) is 0 Å². The first kappa shape index (κ1) is 14.6. The average Bonchev–Trinajstić information content (AvgIpc) is 3.17. The van der Waals surface area contributed by atoms with Crippen molar-refractivity contribution in [1.82, 2.24) is 19.7 Å². The fourth-order valence-electron chi connectivity index (χ4n) is 2.94. The summed E-state index contributed by atoms with van der Waals surface area (Å²) in [4.78, 5) is 12.4. The molecule has 1 aliphatic carbocycles. The van der Waals surface area contributed by atoms with Crippen LogP contribution in [0.3, 0.4) is 0 Å². The van der Waals surface area contributed by atoms with Crippen molar-refractivity contribution in [3.63, 3.8) is 0 Å². The van der Waals surface area contributed by atoms with Gasteiger partial charge < -0.3 is 9.88 Å². The largest absolute Gasteiger partial charge is 0.352 e. The van der Waals surface area contributed by atoms with Gasteiger partial charge in [-0.3, -0.25) is 9.48 Å². The molecule has 1 N–H and O–H groups in total. The Morgan fingerprint density at radius 2 is 2.14 bits per heavy atom. The standard InChI is InChI=1S/C17H22N4O/c1-20-17(21-11-5-6-12-21)15(13-19-20)16(22)18-10-9-14-7-3-2-4-8-14/h5-7,11-13H,2-4,8-10H2,1H3,(H,18,22). The molecule has 0 aliphatic heterocycles. The summed E-state index contributed by atoms with van der Waals surface area (Å²) in [6.45, 7) is 0.685. The molecule has 116 valence electrons. The lowest BCUT2D eigenvalue weighted by molar-refractivity contribution is 0.0954. The first-order valence-electron chi connectivity index (χ1n) is 7.87. The molecule has 0 aromatic carbocycles. The van der Waals surface area contributed by atoms with E-state index in [9.17, 15) is 4.79 Å². The van der Waals surface area contributed by atoms with Crippen LogP contribution in [0.2, 0.25) is 0 Å². The zero-order chi connectivity index (χ0) is 15.4. The molecule has 0 saturated heterocycles. The summed E-state index contributed by atoms with van der Waals surface area (Å²) in [5, 5.41) is 7.23. The maximum absolute atomic E-state index is 12.4. The summed E-state index contributed by atoms with van der Waals surface area (Å²) in [7, 11) is 1.85. The van der Waals surface area contributed by atoms with Crippen molar-refractivity contribution in [2.24, 2.45) is 7.05 Å². The van der Waals surface area contributed by atoms with E-state index < -0.39 is 0 Å². The number of aromatic nitrogens is 3. The van der Waals surface area contributed by atoms with Crippen LogP contribution in [0.4, 0.5) is 0 Å². The van der Waals surface area contributed by atoms with Gasteiger partial charge in [0, 0.05) is 26.0 Å². The van der Waals surface area contributed by atoms with Crippen LogP contribution in [-0.4, -0.2) is 26.8 Å². The van der Waals surface area contributed by atoms with Gasteiger partial charge in [-0.25, -0.2) is 0 Å². The van der Waals surface area contributed by atoms with Gasteiger partial charge in [0.1, 0.15) is 11.4 Å². The van der Waals surface area contributed by atoms with Crippen molar-refractivity contribution >= 4 is 5.91 Å². The van der Waals surface area contributed by atoms with Gasteiger partial charge in [0.25, 0.3) is 5.91 Å². The molecular formula is C17H22N4O. The first-order chi connectivity index (χ1) is 10.8. The van der Waals surface area contributed by atoms with E-state index >= 15 is 0 Å². The molecule has 0 fully saturated rings. The number of carbonyl (C=O) groups is 1. The Morgan fingerprint density at radius 3 is 2.86 bits per heavy atom. The van der Waals surface area contributed by atoms with Crippen molar-refractivity contribution in [3.05, 3.63) is 47.9 Å². The highest BCUT2D eigenvalue weighted by atomic mass is 16.1. The van der Waals surface area contributed by atoms with Crippen LogP contribution in [0.25, 0.3) is 5.82 Å². The lowest BCUT2D eigenvalue weighted by atomic mass is 9.97. The van der Waals surface area contributed by atoms with E-state index in [-0.39, 0.29) is 5.91 Å². The number of aryl methyl sites for hydroxylation is 1. The Bertz CT molecular complexity index is 667. The fraction of sp³-hybridized carbons (Fsp3) is 0.412. The number of amides is 1. The van der Waals surface area contributed by atoms with E-state index in [1.54, 1.807) is 10.9 Å². The number of nitrogens with one attached hydrogen (secondary N) is 1. The number of hydrogen-bond donors (Lipinski definition) is 1. The quantitative estimate of drug-likeness (QED) is 0.863. The molecular weight excluding hydrogens is 276 g/mol. The maximum atomic E-state index is 12.4. The van der Waals surface area contributed by atoms with E-state index in [0.717, 1.165) is 12.2 Å². The first-order valence-corrected chi connectivity index (χ1v) is 7.87. The van der Waals surface area contributed by atoms with E-state index in [1.807, 2.05) is 36.1 Å². The van der Waals surface area contributed by atoms with Crippen molar-refractivity contribution in [2.75, 3.05) is 6.54 Å². The van der Waals surface area contributed by atoms with Crippen LogP contribution in [0.1, 0.15) is 42.5 Å². The van der Waals surface area contributed by atoms with Crippen LogP contribution in [0.5, 0.6) is 0 Å². The van der Waals surface area contributed by atoms with Crippen molar-refractivity contribution in [2.45, 2.75) is 32.1 Å². The normalized spacial score (nSPS) is 14.7. The monoisotopic (exact) mass is 298 g/mol. The van der Waals surface area contributed by atoms with E-state index in [1.165, 1.54) is 31.3 Å². The zero-order valence-corrected chi connectivity index (χ0v) is 13.0. The average molecular weight is 298 g/mol. The van der Waals surface area contributed by atoms with E-state index in [2.05, 4.69) is 16.5 Å². The highest BCUT2D eigenvalue weighted by Crippen LogP contribution is 2.19. The van der Waals surface area contributed by atoms with Crippen LogP contribution >= 0.6 is 0 Å². The lowest BCUT2D eigenvalue weighted by Crippen LogP contribution is -2.26. The molecule has 5 nitrogen and oxygen atoms in total. The SMILES string of the molecule is Cn1ncc(C(=O)NCCC2=CCCCC2)c1-n1cccc1. The molecule has 5 heteroatoms. The second-order valence-electron chi connectivity index (χ2n) is 5.71. The van der Waals surface area contributed by atoms with Crippen LogP contribution in [-0.2, 0) is 7.05 Å². The smallest absolute Gasteiger partial charge is 0.256 e. The van der Waals surface area contributed by atoms with Gasteiger partial charge in [0.15, 0.2) is 0 Å². The van der Waals surface area contributed by atoms with Crippen LogP contribution < -0.4 is 5.32 Å². The Balaban J connectivity index is 1.64. The summed E-state index contributed by atoms with van der Waals surface area (Å²) < 4.78 is 3.63. The minimum Gasteiger partial charge on any atom is -0.352 e. The minimum absolute atomic E-state index is 0.0618. The van der Waals surface area contributed by atoms with Gasteiger partial charge in [0.2, 0.25) is 0 Å². The van der Waals surface area contributed by atoms with Crippen LogP contribution in [0.15, 0.2) is 42.4 Å². The molecule has 1 amide bonds. The van der Waals surface area contributed by atoms with Crippen molar-refractivity contribution in [3.8, 4) is 5.82 Å². The second-order valence-corrected chi connectivity index (χ2v) is 5.71. The Kier molecular flexibility index (Phi) is 4.42. The number of carbonyl (C=O) groups excluding carboxylic acids is 1. The molecule has 1 aliphatic rings. The number of nitrogens with zero attached hydrogens (tertiary/aromatic N) is 3. The van der Waals surface area contributed by atoms with E-state index in [4.69, 9.17) is 0 Å². The van der Waals surface area contributed by atoms with Crippen molar-refractivity contribution < 1.29 is 4.79 Å². The third-order valence-corrected chi connectivity index (χ3v) is 4.12. The summed E-state index contributed by atoms with van der Waals surface area (Å²) >= 11 is 0. The van der Waals surface area contributed by atoms with Gasteiger partial charge in [0.05, 0.1) is 6.20 Å². The van der Waals surface area contributed by atoms with Gasteiger partial charge in [-0.2, -0.15) is 5.10 Å². The molecule has 0 bridgehead atoms. The maximum Gasteiger partial charge on any atom is 0.256 e. The summed E-state index contributed by atoms with van der Waals surface area (Å²) in [6.07, 6.45) is 13.7. The Hall–Kier alpha value is -2.30. The zero-order valence-electron chi connectivity index (χ0n) is 13.0.